The van der Waals surface area contributed by atoms with Crippen molar-refractivity contribution in [3.63, 3.8) is 0 Å². The highest BCUT2D eigenvalue weighted by atomic mass is 32.2. The Bertz CT molecular complexity index is 1260. The first-order valence-electron chi connectivity index (χ1n) is 14.9. The normalized spacial score (nSPS) is 35.2. The minimum atomic E-state index is -1.39. The molecule has 0 saturated carbocycles. The molecule has 1 aliphatic carbocycles. The van der Waals surface area contributed by atoms with E-state index in [1.807, 2.05) is 36.0 Å². The zero-order chi connectivity index (χ0) is 31.7. The smallest absolute Gasteiger partial charge is 0.111 e. The van der Waals surface area contributed by atoms with Crippen molar-refractivity contribution in [2.24, 2.45) is 4.99 Å². The molecule has 13 nitrogen and oxygen atoms in total. The number of fused-ring (bicyclic) bond motifs is 2. The zero-order valence-corrected chi connectivity index (χ0v) is 25.6. The summed E-state index contributed by atoms with van der Waals surface area (Å²) >= 11 is 1.62. The Labute approximate surface area is 260 Å². The van der Waals surface area contributed by atoms with Gasteiger partial charge in [-0.25, -0.2) is 0 Å². The second-order valence-electron chi connectivity index (χ2n) is 11.8. The highest BCUT2D eigenvalue weighted by Crippen LogP contribution is 2.44. The Balaban J connectivity index is 1.19. The van der Waals surface area contributed by atoms with E-state index in [1.54, 1.807) is 11.8 Å². The molecular formula is C30H43N3O10S. The Morgan fingerprint density at radius 3 is 1.89 bits per heavy atom. The summed E-state index contributed by atoms with van der Waals surface area (Å²) in [5.41, 5.74) is 3.76. The number of allylic oxidation sites excluding steroid dienone is 3. The standard InChI is InChI=1S/C30H43N3O10S/c1-32(9-7-19-25(36)29(40)27(38)21(13-34)42-19)15-3-5-17-23(11-15)44-24-12-16(4-6-18(24)31-17)33(2)10-8-20-26(37)30(41)28(39)22(14-35)43-20/h3-5,11-12,19-22,25-30,34-41H,6-10,13-14H2,1-2H3/t19-,20-,21+,22+,25-,26-,27+,28+,29+,30+/m0/s1. The van der Waals surface area contributed by atoms with E-state index in [0.717, 1.165) is 32.6 Å². The third-order valence-electron chi connectivity index (χ3n) is 8.85. The number of hydrogen-bond acceptors (Lipinski definition) is 14. The largest absolute Gasteiger partial charge is 0.394 e. The average Bonchev–Trinajstić information content (AvgIpc) is 3.03. The van der Waals surface area contributed by atoms with Crippen LogP contribution >= 0.6 is 11.8 Å². The molecule has 0 aromatic heterocycles. The second-order valence-corrected chi connectivity index (χ2v) is 12.9. The fourth-order valence-corrected chi connectivity index (χ4v) is 7.01. The van der Waals surface area contributed by atoms with Crippen molar-refractivity contribution in [3.8, 4) is 0 Å². The molecule has 1 aromatic rings. The van der Waals surface area contributed by atoms with Crippen LogP contribution in [0.4, 0.5) is 11.4 Å². The van der Waals surface area contributed by atoms with Crippen LogP contribution < -0.4 is 4.90 Å². The molecule has 3 aliphatic heterocycles. The molecule has 0 spiro atoms. The van der Waals surface area contributed by atoms with Crippen LogP contribution in [0.3, 0.4) is 0 Å². The molecule has 0 bridgehead atoms. The van der Waals surface area contributed by atoms with Crippen LogP contribution in [-0.2, 0) is 9.47 Å². The molecule has 3 heterocycles. The number of hydrogen-bond donors (Lipinski definition) is 8. The van der Waals surface area contributed by atoms with Crippen LogP contribution in [-0.4, -0.2) is 153 Å². The van der Waals surface area contributed by atoms with Gasteiger partial charge in [0.1, 0.15) is 48.8 Å². The lowest BCUT2D eigenvalue weighted by atomic mass is 9.93. The van der Waals surface area contributed by atoms with Gasteiger partial charge in [-0.3, -0.25) is 4.99 Å². The van der Waals surface area contributed by atoms with Gasteiger partial charge >= 0.3 is 0 Å². The summed E-state index contributed by atoms with van der Waals surface area (Å²) in [5.74, 6) is 0. The summed E-state index contributed by atoms with van der Waals surface area (Å²) in [4.78, 5) is 10.9. The maximum absolute atomic E-state index is 10.4. The van der Waals surface area contributed by atoms with E-state index in [4.69, 9.17) is 14.5 Å². The van der Waals surface area contributed by atoms with Crippen molar-refractivity contribution < 1.29 is 50.3 Å². The number of aliphatic hydroxyl groups is 8. The Morgan fingerprint density at radius 1 is 0.773 bits per heavy atom. The zero-order valence-electron chi connectivity index (χ0n) is 24.8. The predicted octanol–water partition coefficient (Wildman–Crippen LogP) is -1.13. The van der Waals surface area contributed by atoms with Gasteiger partial charge in [-0.05, 0) is 37.1 Å². The minimum absolute atomic E-state index is 0.374. The van der Waals surface area contributed by atoms with Gasteiger partial charge < -0.3 is 60.1 Å². The molecule has 8 N–H and O–H groups in total. The first-order chi connectivity index (χ1) is 21.0. The van der Waals surface area contributed by atoms with Crippen LogP contribution in [0.15, 0.2) is 50.8 Å². The third-order valence-corrected chi connectivity index (χ3v) is 9.97. The topological polar surface area (TPSA) is 199 Å². The summed E-state index contributed by atoms with van der Waals surface area (Å²) in [6.45, 7) is 0.0959. The number of thioether (sulfide) groups is 1. The van der Waals surface area contributed by atoms with E-state index in [1.165, 1.54) is 0 Å². The maximum Gasteiger partial charge on any atom is 0.111 e. The second kappa shape index (κ2) is 14.1. The number of aliphatic imine (C=N–C) groups is 1. The number of anilines is 1. The average molecular weight is 638 g/mol. The maximum atomic E-state index is 10.4. The van der Waals surface area contributed by atoms with Gasteiger partial charge in [-0.2, -0.15) is 0 Å². The monoisotopic (exact) mass is 637 g/mol. The van der Waals surface area contributed by atoms with Crippen LogP contribution in [0.1, 0.15) is 19.3 Å². The van der Waals surface area contributed by atoms with Gasteiger partial charge in [0.25, 0.3) is 0 Å². The lowest BCUT2D eigenvalue weighted by molar-refractivity contribution is -0.230. The molecule has 0 radical (unpaired) electrons. The highest BCUT2D eigenvalue weighted by molar-refractivity contribution is 8.04. The van der Waals surface area contributed by atoms with Crippen LogP contribution in [0, 0.1) is 0 Å². The summed E-state index contributed by atoms with van der Waals surface area (Å²) in [7, 11) is 3.85. The molecule has 244 valence electrons. The molecule has 5 rings (SSSR count). The predicted molar refractivity (Wildman–Crippen MR) is 163 cm³/mol. The number of nitrogens with zero attached hydrogens (tertiary/aromatic N) is 3. The van der Waals surface area contributed by atoms with Crippen LogP contribution in [0.25, 0.3) is 0 Å². The summed E-state index contributed by atoms with van der Waals surface area (Å²) in [6.07, 6.45) is -5.79. The molecule has 2 saturated heterocycles. The SMILES string of the molecule is CN(CC[C@@H]1O[C@H](CO)[C@@H](O)[C@H](O)[C@H]1O)C1=CCC2=Nc3ccc(N(C)CC[C@@H]4O[C@H](CO)[C@@H](O)[C@H](O)[C@H]4O)cc3SC2=C1. The molecule has 0 unspecified atom stereocenters. The number of aliphatic hydroxyl groups excluding tert-OH is 8. The highest BCUT2D eigenvalue weighted by Gasteiger charge is 2.44. The minimum Gasteiger partial charge on any atom is -0.394 e. The first kappa shape index (κ1) is 33.3. The van der Waals surface area contributed by atoms with Crippen molar-refractivity contribution in [1.29, 1.82) is 0 Å². The summed E-state index contributed by atoms with van der Waals surface area (Å²) < 4.78 is 11.3. The van der Waals surface area contributed by atoms with E-state index in [-0.39, 0.29) is 0 Å². The number of likely N-dealkylation sites (N-methyl/N-ethyl adjacent to an activating group) is 1. The Hall–Kier alpha value is -2.08. The number of benzene rings is 1. The van der Waals surface area contributed by atoms with Crippen LogP contribution in [0.2, 0.25) is 0 Å². The fourth-order valence-electron chi connectivity index (χ4n) is 5.95. The third kappa shape index (κ3) is 6.86. The molecule has 0 amide bonds. The van der Waals surface area contributed by atoms with E-state index in [9.17, 15) is 40.9 Å². The van der Waals surface area contributed by atoms with Crippen molar-refractivity contribution in [1.82, 2.24) is 4.90 Å². The van der Waals surface area contributed by atoms with Gasteiger partial charge in [-0.1, -0.05) is 17.8 Å². The van der Waals surface area contributed by atoms with Gasteiger partial charge in [-0.15, -0.1) is 0 Å². The molecule has 4 aliphatic rings. The number of rotatable bonds is 10. The quantitative estimate of drug-likeness (QED) is 0.153. The van der Waals surface area contributed by atoms with E-state index in [2.05, 4.69) is 18.2 Å². The van der Waals surface area contributed by atoms with Gasteiger partial charge in [0, 0.05) is 54.8 Å². The van der Waals surface area contributed by atoms with E-state index >= 15 is 0 Å². The van der Waals surface area contributed by atoms with Crippen molar-refractivity contribution in [2.75, 3.05) is 45.3 Å². The van der Waals surface area contributed by atoms with Crippen molar-refractivity contribution in [3.05, 3.63) is 41.0 Å². The molecule has 1 aromatic carbocycles. The van der Waals surface area contributed by atoms with Gasteiger partial charge in [0.15, 0.2) is 0 Å². The molecule has 10 atom stereocenters. The Kier molecular flexibility index (Phi) is 10.7. The van der Waals surface area contributed by atoms with Gasteiger partial charge in [0.2, 0.25) is 0 Å². The van der Waals surface area contributed by atoms with E-state index < -0.39 is 74.3 Å². The van der Waals surface area contributed by atoms with Crippen LogP contribution in [0.5, 0.6) is 0 Å². The number of ether oxygens (including phenoxy) is 2. The Morgan fingerprint density at radius 2 is 1.32 bits per heavy atom. The lowest BCUT2D eigenvalue weighted by Gasteiger charge is -2.40. The molecule has 14 heteroatoms. The molecule has 44 heavy (non-hydrogen) atoms. The first-order valence-corrected chi connectivity index (χ1v) is 15.7. The van der Waals surface area contributed by atoms with Crippen molar-refractivity contribution >= 4 is 28.8 Å². The lowest BCUT2D eigenvalue weighted by Crippen LogP contribution is -2.58. The van der Waals surface area contributed by atoms with Gasteiger partial charge in [0.05, 0.1) is 36.8 Å². The fraction of sp³-hybridized carbons (Fsp3) is 0.633. The van der Waals surface area contributed by atoms with E-state index in [0.29, 0.717) is 32.4 Å². The molecule has 2 fully saturated rings. The molecular weight excluding hydrogens is 594 g/mol. The van der Waals surface area contributed by atoms with Crippen molar-refractivity contribution in [2.45, 2.75) is 85.2 Å². The summed E-state index contributed by atoms with van der Waals surface area (Å²) in [5, 5.41) is 79.9. The summed E-state index contributed by atoms with van der Waals surface area (Å²) in [6, 6.07) is 6.00.